The van der Waals surface area contributed by atoms with E-state index in [4.69, 9.17) is 5.26 Å². The molecule has 0 atom stereocenters. The Labute approximate surface area is 190 Å². The summed E-state index contributed by atoms with van der Waals surface area (Å²) in [5.41, 5.74) is 3.52. The third-order valence-corrected chi connectivity index (χ3v) is 7.38. The van der Waals surface area contributed by atoms with Crippen LogP contribution in [0.2, 0.25) is 0 Å². The number of aryl methyl sites for hydroxylation is 1. The van der Waals surface area contributed by atoms with Gasteiger partial charge in [-0.2, -0.15) is 5.26 Å². The molecule has 6 nitrogen and oxygen atoms in total. The fourth-order valence-electron chi connectivity index (χ4n) is 5.40. The molecule has 2 aromatic rings. The Balaban J connectivity index is 1.46. The van der Waals surface area contributed by atoms with Crippen molar-refractivity contribution < 1.29 is 9.59 Å². The van der Waals surface area contributed by atoms with Gasteiger partial charge in [0, 0.05) is 56.7 Å². The SMILES string of the molecule is CN(CCC#N)C(=O)Cc1ccc2c(c1)c(C1CCN(C(=O)C3CCCC3)CC1)cn2C. The highest BCUT2D eigenvalue weighted by Gasteiger charge is 2.31. The number of aromatic nitrogens is 1. The van der Waals surface area contributed by atoms with E-state index in [-0.39, 0.29) is 11.8 Å². The highest BCUT2D eigenvalue weighted by molar-refractivity contribution is 5.87. The number of amides is 2. The van der Waals surface area contributed by atoms with Gasteiger partial charge in [0.15, 0.2) is 0 Å². The van der Waals surface area contributed by atoms with Crippen LogP contribution in [0.4, 0.5) is 0 Å². The van der Waals surface area contributed by atoms with Gasteiger partial charge in [-0.1, -0.05) is 18.9 Å². The number of fused-ring (bicyclic) bond motifs is 1. The molecule has 0 N–H and O–H groups in total. The van der Waals surface area contributed by atoms with Gasteiger partial charge in [0.2, 0.25) is 11.8 Å². The summed E-state index contributed by atoms with van der Waals surface area (Å²) in [4.78, 5) is 29.1. The number of carbonyl (C=O) groups is 2. The van der Waals surface area contributed by atoms with E-state index in [0.29, 0.717) is 31.2 Å². The molecule has 170 valence electrons. The van der Waals surface area contributed by atoms with Crippen molar-refractivity contribution in [1.29, 1.82) is 5.26 Å². The van der Waals surface area contributed by atoms with Crippen LogP contribution in [0.15, 0.2) is 24.4 Å². The number of rotatable bonds is 6. The van der Waals surface area contributed by atoms with Gasteiger partial charge in [-0.15, -0.1) is 0 Å². The molecule has 1 aliphatic heterocycles. The standard InChI is InChI=1S/C26H34N4O2/c1-28(13-5-12-27)25(31)17-19-8-9-24-22(16-19)23(18-29(24)2)20-10-14-30(15-11-20)26(32)21-6-3-4-7-21/h8-9,16,18,20-21H,3-7,10-11,13-15,17H2,1-2H3. The minimum absolute atomic E-state index is 0.0378. The minimum Gasteiger partial charge on any atom is -0.350 e. The lowest BCUT2D eigenvalue weighted by Gasteiger charge is -2.33. The first kappa shape index (κ1) is 22.4. The van der Waals surface area contributed by atoms with Crippen molar-refractivity contribution in [3.63, 3.8) is 0 Å². The van der Waals surface area contributed by atoms with Gasteiger partial charge in [0.25, 0.3) is 0 Å². The lowest BCUT2D eigenvalue weighted by molar-refractivity contribution is -0.136. The summed E-state index contributed by atoms with van der Waals surface area (Å²) in [6.45, 7) is 2.16. The van der Waals surface area contributed by atoms with E-state index in [9.17, 15) is 9.59 Å². The van der Waals surface area contributed by atoms with E-state index < -0.39 is 0 Å². The fraction of sp³-hybridized carbons (Fsp3) is 0.577. The molecular weight excluding hydrogens is 400 g/mol. The second-order valence-corrected chi connectivity index (χ2v) is 9.53. The molecule has 1 aliphatic carbocycles. The summed E-state index contributed by atoms with van der Waals surface area (Å²) in [5.74, 6) is 1.11. The van der Waals surface area contributed by atoms with Crippen LogP contribution < -0.4 is 0 Å². The third-order valence-electron chi connectivity index (χ3n) is 7.38. The van der Waals surface area contributed by atoms with Crippen molar-refractivity contribution >= 4 is 22.7 Å². The lowest BCUT2D eigenvalue weighted by Crippen LogP contribution is -2.40. The van der Waals surface area contributed by atoms with Crippen molar-refractivity contribution in [3.8, 4) is 6.07 Å². The van der Waals surface area contributed by atoms with Gasteiger partial charge in [-0.25, -0.2) is 0 Å². The highest BCUT2D eigenvalue weighted by Crippen LogP contribution is 2.36. The van der Waals surface area contributed by atoms with E-state index in [1.807, 2.05) is 6.07 Å². The fourth-order valence-corrected chi connectivity index (χ4v) is 5.40. The van der Waals surface area contributed by atoms with Gasteiger partial charge in [0.05, 0.1) is 18.9 Å². The molecule has 1 aromatic heterocycles. The highest BCUT2D eigenvalue weighted by atomic mass is 16.2. The first-order valence-electron chi connectivity index (χ1n) is 12.0. The molecule has 4 rings (SSSR count). The van der Waals surface area contributed by atoms with Crippen molar-refractivity contribution in [3.05, 3.63) is 35.5 Å². The molecule has 2 aliphatic rings. The van der Waals surface area contributed by atoms with E-state index in [2.05, 4.69) is 40.9 Å². The summed E-state index contributed by atoms with van der Waals surface area (Å²) in [6, 6.07) is 8.40. The van der Waals surface area contributed by atoms with E-state index in [0.717, 1.165) is 44.3 Å². The Kier molecular flexibility index (Phi) is 6.83. The molecule has 2 fully saturated rings. The van der Waals surface area contributed by atoms with Crippen LogP contribution in [0.25, 0.3) is 10.9 Å². The first-order valence-corrected chi connectivity index (χ1v) is 12.0. The number of benzene rings is 1. The van der Waals surface area contributed by atoms with Gasteiger partial charge in [0.1, 0.15) is 0 Å². The van der Waals surface area contributed by atoms with Gasteiger partial charge < -0.3 is 14.4 Å². The summed E-state index contributed by atoms with van der Waals surface area (Å²) in [7, 11) is 3.83. The molecule has 1 aromatic carbocycles. The number of nitrogens with zero attached hydrogens (tertiary/aromatic N) is 4. The van der Waals surface area contributed by atoms with E-state index >= 15 is 0 Å². The van der Waals surface area contributed by atoms with E-state index in [1.165, 1.54) is 29.3 Å². The van der Waals surface area contributed by atoms with Crippen LogP contribution in [-0.4, -0.2) is 52.9 Å². The van der Waals surface area contributed by atoms with E-state index in [1.54, 1.807) is 11.9 Å². The maximum atomic E-state index is 12.8. The largest absolute Gasteiger partial charge is 0.350 e. The molecule has 0 radical (unpaired) electrons. The van der Waals surface area contributed by atoms with Crippen LogP contribution >= 0.6 is 0 Å². The molecule has 0 spiro atoms. The zero-order valence-corrected chi connectivity index (χ0v) is 19.3. The van der Waals surface area contributed by atoms with Crippen molar-refractivity contribution in [2.75, 3.05) is 26.7 Å². The van der Waals surface area contributed by atoms with Gasteiger partial charge in [-0.3, -0.25) is 9.59 Å². The predicted octanol–water partition coefficient (Wildman–Crippen LogP) is 3.99. The van der Waals surface area contributed by atoms with Crippen LogP contribution in [-0.2, 0) is 23.1 Å². The quantitative estimate of drug-likeness (QED) is 0.690. The topological polar surface area (TPSA) is 69.3 Å². The van der Waals surface area contributed by atoms with Crippen LogP contribution in [0.1, 0.15) is 62.0 Å². The number of carbonyl (C=O) groups excluding carboxylic acids is 2. The lowest BCUT2D eigenvalue weighted by atomic mass is 9.88. The first-order chi connectivity index (χ1) is 15.5. The average molecular weight is 435 g/mol. The van der Waals surface area contributed by atoms with Crippen molar-refractivity contribution in [2.24, 2.45) is 13.0 Å². The summed E-state index contributed by atoms with van der Waals surface area (Å²) < 4.78 is 2.17. The minimum atomic E-state index is 0.0378. The summed E-state index contributed by atoms with van der Waals surface area (Å²) in [5, 5.41) is 9.97. The molecule has 0 bridgehead atoms. The molecule has 2 amide bonds. The Morgan fingerprint density at radius 1 is 1.16 bits per heavy atom. The molecule has 0 unspecified atom stereocenters. The number of hydrogen-bond acceptors (Lipinski definition) is 3. The number of hydrogen-bond donors (Lipinski definition) is 0. The van der Waals surface area contributed by atoms with Crippen LogP contribution in [0, 0.1) is 17.2 Å². The van der Waals surface area contributed by atoms with Crippen LogP contribution in [0.3, 0.4) is 0 Å². The average Bonchev–Trinajstić information content (AvgIpc) is 3.45. The maximum absolute atomic E-state index is 12.8. The Hall–Kier alpha value is -2.81. The molecule has 32 heavy (non-hydrogen) atoms. The summed E-state index contributed by atoms with van der Waals surface area (Å²) >= 11 is 0. The zero-order valence-electron chi connectivity index (χ0n) is 19.3. The van der Waals surface area contributed by atoms with Crippen LogP contribution in [0.5, 0.6) is 0 Å². The number of nitriles is 1. The van der Waals surface area contributed by atoms with Crippen molar-refractivity contribution in [1.82, 2.24) is 14.4 Å². The molecule has 2 heterocycles. The zero-order chi connectivity index (χ0) is 22.7. The van der Waals surface area contributed by atoms with Gasteiger partial charge in [-0.05, 0) is 54.9 Å². The predicted molar refractivity (Wildman–Crippen MR) is 125 cm³/mol. The summed E-state index contributed by atoms with van der Waals surface area (Å²) in [6.07, 6.45) is 9.45. The van der Waals surface area contributed by atoms with Gasteiger partial charge >= 0.3 is 0 Å². The maximum Gasteiger partial charge on any atom is 0.226 e. The molecule has 6 heteroatoms. The number of likely N-dealkylation sites (N-methyl/N-ethyl adjacent to an activating group) is 1. The Morgan fingerprint density at radius 2 is 1.88 bits per heavy atom. The smallest absolute Gasteiger partial charge is 0.226 e. The normalized spacial score (nSPS) is 17.6. The molecule has 1 saturated carbocycles. The molecular formula is C26H34N4O2. The second-order valence-electron chi connectivity index (χ2n) is 9.53. The number of likely N-dealkylation sites (tertiary alicyclic amines) is 1. The third kappa shape index (κ3) is 4.67. The Morgan fingerprint density at radius 3 is 2.56 bits per heavy atom. The second kappa shape index (κ2) is 9.77. The monoisotopic (exact) mass is 434 g/mol. The number of piperidine rings is 1. The van der Waals surface area contributed by atoms with Crippen molar-refractivity contribution in [2.45, 2.75) is 57.3 Å². The molecule has 1 saturated heterocycles. The Bertz CT molecular complexity index is 1020.